The Hall–Kier alpha value is -1.99. The average Bonchev–Trinajstić information content (AvgIpc) is 3.37. The Bertz CT molecular complexity index is 1300. The van der Waals surface area contributed by atoms with Gasteiger partial charge in [-0.05, 0) is 75.4 Å². The quantitative estimate of drug-likeness (QED) is 0.133. The monoisotopic (exact) mass is 790 g/mol. The number of nitrogens with one attached hydrogen (secondary N) is 1. The molecule has 3 aliphatic heterocycles. The number of aliphatic hydroxyl groups is 4. The Kier molecular flexibility index (Phi) is 16.1. The highest BCUT2D eigenvalue weighted by Crippen LogP contribution is 2.43. The molecule has 1 amide bonds. The van der Waals surface area contributed by atoms with Gasteiger partial charge in [-0.3, -0.25) is 14.4 Å². The molecule has 16 heteroatoms. The van der Waals surface area contributed by atoms with Crippen molar-refractivity contribution in [3.8, 4) is 0 Å². The van der Waals surface area contributed by atoms with Gasteiger partial charge in [-0.25, -0.2) is 0 Å². The minimum atomic E-state index is -1.98. The Balaban J connectivity index is 2.08. The zero-order valence-electron chi connectivity index (χ0n) is 35.3. The third-order valence-corrected chi connectivity index (χ3v) is 12.0. The molecule has 55 heavy (non-hydrogen) atoms. The van der Waals surface area contributed by atoms with Crippen molar-refractivity contribution in [3.05, 3.63) is 0 Å². The summed E-state index contributed by atoms with van der Waals surface area (Å²) in [5.41, 5.74) is -4.30. The third-order valence-electron chi connectivity index (χ3n) is 12.0. The van der Waals surface area contributed by atoms with E-state index in [4.69, 9.17) is 33.2 Å². The largest absolute Gasteiger partial charge is 0.459 e. The second-order valence-corrected chi connectivity index (χ2v) is 17.1. The van der Waals surface area contributed by atoms with E-state index in [1.54, 1.807) is 48.5 Å². The fraction of sp³-hybridized carbons (Fsp3) is 0.923. The highest BCUT2D eigenvalue weighted by molar-refractivity contribution is 5.75. The zero-order chi connectivity index (χ0) is 42.0. The number of carbonyl (C=O) groups excluding carboxylic acids is 3. The number of methoxy groups -OCH3 is 1. The number of likely N-dealkylation sites (N-methyl/N-ethyl adjacent to an activating group) is 1. The van der Waals surface area contributed by atoms with Gasteiger partial charge in [-0.15, -0.1) is 0 Å². The Morgan fingerprint density at radius 3 is 2.20 bits per heavy atom. The number of hydrogen-bond acceptors (Lipinski definition) is 15. The van der Waals surface area contributed by atoms with Gasteiger partial charge >= 0.3 is 11.9 Å². The van der Waals surface area contributed by atoms with Crippen molar-refractivity contribution in [3.63, 3.8) is 0 Å². The molecule has 0 bridgehead atoms. The van der Waals surface area contributed by atoms with Crippen molar-refractivity contribution >= 4 is 17.8 Å². The van der Waals surface area contributed by atoms with Crippen molar-refractivity contribution in [1.29, 1.82) is 0 Å². The second kappa shape index (κ2) is 18.7. The van der Waals surface area contributed by atoms with E-state index in [0.29, 0.717) is 6.42 Å². The number of nitrogens with zero attached hydrogens (tertiary/aromatic N) is 1. The van der Waals surface area contributed by atoms with E-state index in [1.165, 1.54) is 27.9 Å². The van der Waals surface area contributed by atoms with E-state index in [0.717, 1.165) is 0 Å². The number of cyclic esters (lactones) is 1. The minimum absolute atomic E-state index is 0.0841. The molecule has 0 saturated carbocycles. The molecule has 5 N–H and O–H groups in total. The summed E-state index contributed by atoms with van der Waals surface area (Å²) in [6.45, 7) is 18.0. The van der Waals surface area contributed by atoms with Crippen LogP contribution in [0.4, 0.5) is 0 Å². The fourth-order valence-corrected chi connectivity index (χ4v) is 8.59. The van der Waals surface area contributed by atoms with Gasteiger partial charge in [0.25, 0.3) is 0 Å². The molecule has 3 heterocycles. The molecule has 0 aromatic heterocycles. The van der Waals surface area contributed by atoms with Crippen LogP contribution in [0.1, 0.15) is 102 Å². The van der Waals surface area contributed by atoms with Crippen LogP contribution in [0.2, 0.25) is 0 Å². The van der Waals surface area contributed by atoms with E-state index < -0.39 is 114 Å². The molecule has 0 unspecified atom stereocenters. The van der Waals surface area contributed by atoms with Crippen molar-refractivity contribution in [1.82, 2.24) is 10.2 Å². The van der Waals surface area contributed by atoms with Gasteiger partial charge in [-0.1, -0.05) is 20.8 Å². The molecule has 0 aromatic carbocycles. The molecule has 3 fully saturated rings. The van der Waals surface area contributed by atoms with Crippen molar-refractivity contribution in [2.24, 2.45) is 17.8 Å². The van der Waals surface area contributed by atoms with Crippen LogP contribution in [0.5, 0.6) is 0 Å². The van der Waals surface area contributed by atoms with E-state index >= 15 is 0 Å². The molecule has 16 nitrogen and oxygen atoms in total. The highest BCUT2D eigenvalue weighted by atomic mass is 16.7. The lowest BCUT2D eigenvalue weighted by Crippen LogP contribution is -2.60. The third kappa shape index (κ3) is 10.7. The summed E-state index contributed by atoms with van der Waals surface area (Å²) < 4.78 is 43.5. The summed E-state index contributed by atoms with van der Waals surface area (Å²) in [5.74, 6) is -3.97. The Labute approximate surface area is 326 Å². The van der Waals surface area contributed by atoms with Gasteiger partial charge in [0.2, 0.25) is 5.91 Å². The minimum Gasteiger partial charge on any atom is -0.459 e. The van der Waals surface area contributed by atoms with Crippen LogP contribution in [-0.2, 0) is 47.5 Å². The van der Waals surface area contributed by atoms with Crippen molar-refractivity contribution in [2.45, 2.75) is 192 Å². The zero-order valence-corrected chi connectivity index (χ0v) is 35.3. The SMILES string of the molecule is CC[C@@H](OC(=O)[C@H](C)[C@@H](O[C@@H]1C[C@](C)(OC)[C@H](O)[C@H](C)O1)[C@H](C)[C@@H](O[C@@H]1O[C@H](C)C[C@@H](N(C)C)[C@H]1O)[C@]1(C)C[C@@H](C)C(=O)O1)[C@@](C)(O)[C@H](O)[C@@H](C)NC(C)=O. The van der Waals surface area contributed by atoms with Gasteiger partial charge in [0.15, 0.2) is 12.6 Å². The molecule has 3 saturated heterocycles. The lowest BCUT2D eigenvalue weighted by atomic mass is 9.79. The summed E-state index contributed by atoms with van der Waals surface area (Å²) in [5, 5.41) is 47.6. The number of aliphatic hydroxyl groups excluding tert-OH is 3. The normalized spacial score (nSPS) is 37.8. The highest BCUT2D eigenvalue weighted by Gasteiger charge is 2.56. The summed E-state index contributed by atoms with van der Waals surface area (Å²) in [6.07, 6.45) is -9.00. The first-order valence-electron chi connectivity index (χ1n) is 19.6. The number of ether oxygens (including phenoxy) is 7. The van der Waals surface area contributed by atoms with Crippen LogP contribution < -0.4 is 5.32 Å². The number of hydrogen-bond donors (Lipinski definition) is 5. The molecule has 320 valence electrons. The van der Waals surface area contributed by atoms with Gasteiger partial charge < -0.3 is 63.8 Å². The lowest BCUT2D eigenvalue weighted by molar-refractivity contribution is -0.316. The van der Waals surface area contributed by atoms with Crippen LogP contribution in [0.15, 0.2) is 0 Å². The Morgan fingerprint density at radius 2 is 1.69 bits per heavy atom. The van der Waals surface area contributed by atoms with E-state index in [2.05, 4.69) is 5.32 Å². The van der Waals surface area contributed by atoms with Crippen molar-refractivity contribution in [2.75, 3.05) is 21.2 Å². The van der Waals surface area contributed by atoms with Crippen LogP contribution in [0, 0.1) is 17.8 Å². The summed E-state index contributed by atoms with van der Waals surface area (Å²) in [6, 6.07) is -1.17. The number of amides is 1. The molecular weight excluding hydrogens is 720 g/mol. The topological polar surface area (TPSA) is 212 Å². The molecule has 0 aromatic rings. The van der Waals surface area contributed by atoms with Crippen LogP contribution >= 0.6 is 0 Å². The Morgan fingerprint density at radius 1 is 1.07 bits per heavy atom. The molecule has 0 radical (unpaired) electrons. The van der Waals surface area contributed by atoms with Crippen molar-refractivity contribution < 1.29 is 68.0 Å². The summed E-state index contributed by atoms with van der Waals surface area (Å²) in [7, 11) is 5.20. The molecule has 3 rings (SSSR count). The number of rotatable bonds is 17. The number of esters is 2. The summed E-state index contributed by atoms with van der Waals surface area (Å²) in [4.78, 5) is 40.9. The molecule has 3 aliphatic rings. The predicted molar refractivity (Wildman–Crippen MR) is 199 cm³/mol. The van der Waals surface area contributed by atoms with E-state index in [9.17, 15) is 34.8 Å². The first-order chi connectivity index (χ1) is 25.3. The van der Waals surface area contributed by atoms with Gasteiger partial charge in [0.05, 0.1) is 41.8 Å². The van der Waals surface area contributed by atoms with E-state index in [-0.39, 0.29) is 31.4 Å². The maximum atomic E-state index is 14.3. The second-order valence-electron chi connectivity index (χ2n) is 17.1. The van der Waals surface area contributed by atoms with Gasteiger partial charge in [0, 0.05) is 38.8 Å². The average molecular weight is 791 g/mol. The standard InChI is InChI=1S/C39H70N2O14/c1-15-27(39(11,48)31(44)23(6)40-25(8)42)52-35(47)22(5)30(53-28-18-37(9,49-14)32(45)24(7)51-28)21(4)33(38(10)17-19(2)34(46)55-38)54-36-29(43)26(41(12)13)16-20(3)50-36/h19-24,26-33,36,43-45,48H,15-18H2,1-14H3,(H,40,42)/t19-,20-,21+,22-,23-,24+,26-,27-,28-,29-,30+,31-,32-,33-,36+,37+,38+,39-/m1/s1. The molecular formula is C39H70N2O14. The number of carbonyl (C=O) groups is 3. The maximum Gasteiger partial charge on any atom is 0.311 e. The van der Waals surface area contributed by atoms with Crippen LogP contribution in [-0.4, -0.2) is 155 Å². The van der Waals surface area contributed by atoms with Gasteiger partial charge in [0.1, 0.15) is 41.7 Å². The van der Waals surface area contributed by atoms with Crippen LogP contribution in [0.3, 0.4) is 0 Å². The molecule has 18 atom stereocenters. The first kappa shape index (κ1) is 47.4. The molecule has 0 aliphatic carbocycles. The van der Waals surface area contributed by atoms with Gasteiger partial charge in [-0.2, -0.15) is 0 Å². The predicted octanol–water partition coefficient (Wildman–Crippen LogP) is 1.66. The smallest absolute Gasteiger partial charge is 0.311 e. The fourth-order valence-electron chi connectivity index (χ4n) is 8.59. The maximum absolute atomic E-state index is 14.3. The van der Waals surface area contributed by atoms with Crippen LogP contribution in [0.25, 0.3) is 0 Å². The molecule has 0 spiro atoms. The first-order valence-corrected chi connectivity index (χ1v) is 19.6. The summed E-state index contributed by atoms with van der Waals surface area (Å²) >= 11 is 0. The van der Waals surface area contributed by atoms with E-state index in [1.807, 2.05) is 25.9 Å². The lowest BCUT2D eigenvalue weighted by Gasteiger charge is -2.48.